The molecule has 6 heteroatoms. The van der Waals surface area contributed by atoms with Crippen molar-refractivity contribution in [2.75, 3.05) is 13.1 Å². The summed E-state index contributed by atoms with van der Waals surface area (Å²) >= 11 is 0. The van der Waals surface area contributed by atoms with Gasteiger partial charge in [0.1, 0.15) is 0 Å². The number of likely N-dealkylation sites (tertiary alicyclic amines) is 1. The first-order chi connectivity index (χ1) is 9.63. The highest BCUT2D eigenvalue weighted by Crippen LogP contribution is 2.22. The smallest absolute Gasteiger partial charge is 0.303 e. The number of nitrogens with zero attached hydrogens (tertiary/aromatic N) is 2. The number of hydrogen-bond acceptors (Lipinski definition) is 3. The van der Waals surface area contributed by atoms with E-state index in [0.29, 0.717) is 18.7 Å². The lowest BCUT2D eigenvalue weighted by atomic mass is 10.1. The molecule has 6 nitrogen and oxygen atoms in total. The van der Waals surface area contributed by atoms with E-state index in [1.165, 1.54) is 0 Å². The molecule has 0 spiro atoms. The van der Waals surface area contributed by atoms with E-state index in [1.54, 1.807) is 17.2 Å². The van der Waals surface area contributed by atoms with Crippen LogP contribution in [0, 0.1) is 5.92 Å². The minimum atomic E-state index is -0.802. The van der Waals surface area contributed by atoms with Crippen LogP contribution in [0.25, 0.3) is 10.9 Å². The van der Waals surface area contributed by atoms with Gasteiger partial charge in [-0.25, -0.2) is 0 Å². The molecule has 2 heterocycles. The lowest BCUT2D eigenvalue weighted by molar-refractivity contribution is -0.138. The van der Waals surface area contributed by atoms with Crippen molar-refractivity contribution in [2.45, 2.75) is 12.8 Å². The lowest BCUT2D eigenvalue weighted by Crippen LogP contribution is -2.28. The maximum absolute atomic E-state index is 12.4. The summed E-state index contributed by atoms with van der Waals surface area (Å²) in [7, 11) is 0. The average molecular weight is 273 g/mol. The number of nitrogens with one attached hydrogen (secondary N) is 1. The molecule has 1 aliphatic heterocycles. The van der Waals surface area contributed by atoms with Crippen LogP contribution in [0.3, 0.4) is 0 Å². The zero-order valence-corrected chi connectivity index (χ0v) is 10.9. The standard InChI is InChI=1S/C14H15N3O3/c18-13(19)5-9-3-4-17(8-9)14(20)10-1-2-12-11(6-10)7-15-16-12/h1-2,6-7,9H,3-5,8H2,(H,15,16)(H,18,19). The first kappa shape index (κ1) is 12.7. The van der Waals surface area contributed by atoms with Crippen LogP contribution in [0.15, 0.2) is 24.4 Å². The zero-order chi connectivity index (χ0) is 14.1. The number of carboxylic acid groups (broad SMARTS) is 1. The second-order valence-electron chi connectivity index (χ2n) is 5.18. The number of fused-ring (bicyclic) bond motifs is 1. The fourth-order valence-electron chi connectivity index (χ4n) is 2.69. The van der Waals surface area contributed by atoms with Crippen LogP contribution in [-0.4, -0.2) is 45.2 Å². The van der Waals surface area contributed by atoms with Gasteiger partial charge >= 0.3 is 5.97 Å². The molecule has 0 radical (unpaired) electrons. The number of benzene rings is 1. The molecule has 1 atom stereocenters. The summed E-state index contributed by atoms with van der Waals surface area (Å²) < 4.78 is 0. The third-order valence-corrected chi connectivity index (χ3v) is 3.72. The average Bonchev–Trinajstić information content (AvgIpc) is 3.04. The Labute approximate surface area is 115 Å². The van der Waals surface area contributed by atoms with Crippen molar-refractivity contribution in [2.24, 2.45) is 5.92 Å². The Kier molecular flexibility index (Phi) is 3.14. The van der Waals surface area contributed by atoms with Gasteiger partial charge in [0.2, 0.25) is 0 Å². The maximum Gasteiger partial charge on any atom is 0.303 e. The molecule has 1 aliphatic rings. The van der Waals surface area contributed by atoms with Crippen molar-refractivity contribution in [3.8, 4) is 0 Å². The largest absolute Gasteiger partial charge is 0.481 e. The van der Waals surface area contributed by atoms with Gasteiger partial charge in [0, 0.05) is 30.5 Å². The summed E-state index contributed by atoms with van der Waals surface area (Å²) in [4.78, 5) is 24.8. The van der Waals surface area contributed by atoms with Crippen LogP contribution in [0.2, 0.25) is 0 Å². The number of carbonyl (C=O) groups is 2. The van der Waals surface area contributed by atoms with Gasteiger partial charge in [-0.15, -0.1) is 0 Å². The van der Waals surface area contributed by atoms with Crippen LogP contribution < -0.4 is 0 Å². The number of aromatic nitrogens is 2. The summed E-state index contributed by atoms with van der Waals surface area (Å²) in [6, 6.07) is 5.42. The fourth-order valence-corrected chi connectivity index (χ4v) is 2.69. The monoisotopic (exact) mass is 273 g/mol. The molecule has 1 saturated heterocycles. The molecule has 104 valence electrons. The number of aromatic amines is 1. The van der Waals surface area contributed by atoms with Crippen molar-refractivity contribution >= 4 is 22.8 Å². The van der Waals surface area contributed by atoms with Crippen LogP contribution in [0.1, 0.15) is 23.2 Å². The van der Waals surface area contributed by atoms with E-state index in [-0.39, 0.29) is 18.2 Å². The molecule has 3 rings (SSSR count). The first-order valence-corrected chi connectivity index (χ1v) is 6.57. The minimum Gasteiger partial charge on any atom is -0.481 e. The fraction of sp³-hybridized carbons (Fsp3) is 0.357. The molecule has 0 saturated carbocycles. The minimum absolute atomic E-state index is 0.0408. The third kappa shape index (κ3) is 2.36. The van der Waals surface area contributed by atoms with Crippen LogP contribution in [0.5, 0.6) is 0 Å². The van der Waals surface area contributed by atoms with Crippen molar-refractivity contribution in [3.63, 3.8) is 0 Å². The normalized spacial score (nSPS) is 18.6. The summed E-state index contributed by atoms with van der Waals surface area (Å²) in [6.45, 7) is 1.15. The third-order valence-electron chi connectivity index (χ3n) is 3.72. The first-order valence-electron chi connectivity index (χ1n) is 6.57. The maximum atomic E-state index is 12.4. The van der Waals surface area contributed by atoms with Gasteiger partial charge in [0.15, 0.2) is 0 Å². The van der Waals surface area contributed by atoms with Crippen LogP contribution in [0.4, 0.5) is 0 Å². The number of amides is 1. The molecule has 0 aliphatic carbocycles. The quantitative estimate of drug-likeness (QED) is 0.887. The highest BCUT2D eigenvalue weighted by Gasteiger charge is 2.28. The highest BCUT2D eigenvalue weighted by atomic mass is 16.4. The molecule has 20 heavy (non-hydrogen) atoms. The zero-order valence-electron chi connectivity index (χ0n) is 10.9. The Morgan fingerprint density at radius 1 is 1.45 bits per heavy atom. The van der Waals surface area contributed by atoms with Gasteiger partial charge in [0.05, 0.1) is 11.7 Å². The van der Waals surface area contributed by atoms with Gasteiger partial charge in [0.25, 0.3) is 5.91 Å². The van der Waals surface area contributed by atoms with E-state index >= 15 is 0 Å². The summed E-state index contributed by atoms with van der Waals surface area (Å²) in [5, 5.41) is 16.5. The molecule has 1 aromatic heterocycles. The molecule has 2 aromatic rings. The van der Waals surface area contributed by atoms with Crippen molar-refractivity contribution in [1.82, 2.24) is 15.1 Å². The molecular formula is C14H15N3O3. The molecule has 1 aromatic carbocycles. The van der Waals surface area contributed by atoms with Crippen molar-refractivity contribution < 1.29 is 14.7 Å². The molecule has 1 fully saturated rings. The van der Waals surface area contributed by atoms with E-state index in [9.17, 15) is 9.59 Å². The van der Waals surface area contributed by atoms with Crippen molar-refractivity contribution in [1.29, 1.82) is 0 Å². The Balaban J connectivity index is 1.74. The van der Waals surface area contributed by atoms with Crippen LogP contribution >= 0.6 is 0 Å². The van der Waals surface area contributed by atoms with Gasteiger partial charge in [-0.2, -0.15) is 5.10 Å². The van der Waals surface area contributed by atoms with Gasteiger partial charge < -0.3 is 10.0 Å². The van der Waals surface area contributed by atoms with E-state index in [4.69, 9.17) is 5.11 Å². The van der Waals surface area contributed by atoms with E-state index in [2.05, 4.69) is 10.2 Å². The molecule has 2 N–H and O–H groups in total. The second-order valence-corrected chi connectivity index (χ2v) is 5.18. The number of rotatable bonds is 3. The van der Waals surface area contributed by atoms with E-state index < -0.39 is 5.97 Å². The number of aliphatic carboxylic acids is 1. The van der Waals surface area contributed by atoms with Gasteiger partial charge in [-0.1, -0.05) is 0 Å². The Bertz CT molecular complexity index is 664. The molecule has 1 amide bonds. The van der Waals surface area contributed by atoms with Crippen LogP contribution in [-0.2, 0) is 4.79 Å². The Morgan fingerprint density at radius 3 is 3.10 bits per heavy atom. The predicted molar refractivity (Wildman–Crippen MR) is 72.4 cm³/mol. The summed E-state index contributed by atoms with van der Waals surface area (Å²) in [5.74, 6) is -0.779. The van der Waals surface area contributed by atoms with Gasteiger partial charge in [-0.3, -0.25) is 14.7 Å². The molecular weight excluding hydrogens is 258 g/mol. The molecule has 1 unspecified atom stereocenters. The number of H-pyrrole nitrogens is 1. The van der Waals surface area contributed by atoms with E-state index in [1.807, 2.05) is 12.1 Å². The lowest BCUT2D eigenvalue weighted by Gasteiger charge is -2.16. The summed E-state index contributed by atoms with van der Waals surface area (Å²) in [6.07, 6.45) is 2.57. The van der Waals surface area contributed by atoms with E-state index in [0.717, 1.165) is 17.3 Å². The topological polar surface area (TPSA) is 86.3 Å². The number of carbonyl (C=O) groups excluding carboxylic acids is 1. The highest BCUT2D eigenvalue weighted by molar-refractivity contribution is 5.98. The Morgan fingerprint density at radius 2 is 2.30 bits per heavy atom. The predicted octanol–water partition coefficient (Wildman–Crippen LogP) is 1.50. The second kappa shape index (κ2) is 4.96. The summed E-state index contributed by atoms with van der Waals surface area (Å²) in [5.41, 5.74) is 1.52. The van der Waals surface area contributed by atoms with Crippen molar-refractivity contribution in [3.05, 3.63) is 30.0 Å². The number of carboxylic acids is 1. The Hall–Kier alpha value is -2.37. The van der Waals surface area contributed by atoms with Gasteiger partial charge in [-0.05, 0) is 30.5 Å². The molecule has 0 bridgehead atoms. The number of hydrogen-bond donors (Lipinski definition) is 2. The SMILES string of the molecule is O=C(O)CC1CCN(C(=O)c2ccc3[nH]ncc3c2)C1.